The van der Waals surface area contributed by atoms with Crippen molar-refractivity contribution in [3.8, 4) is 0 Å². The minimum atomic E-state index is -0.264. The van der Waals surface area contributed by atoms with Crippen molar-refractivity contribution in [3.05, 3.63) is 65.1 Å². The molecule has 5 aromatic heterocycles. The monoisotopic (exact) mass is 589 g/mol. The van der Waals surface area contributed by atoms with Crippen LogP contribution in [0.15, 0.2) is 36.8 Å². The number of fused-ring (bicyclic) bond motifs is 2. The predicted molar refractivity (Wildman–Crippen MR) is 170 cm³/mol. The lowest BCUT2D eigenvalue weighted by molar-refractivity contribution is -0.117. The zero-order valence-corrected chi connectivity index (χ0v) is 25.5. The third-order valence-electron chi connectivity index (χ3n) is 7.01. The van der Waals surface area contributed by atoms with Crippen LogP contribution >= 0.6 is 0 Å². The van der Waals surface area contributed by atoms with Crippen LogP contribution in [0.3, 0.4) is 0 Å². The molecular weight excluding hydrogens is 546 g/mol. The highest BCUT2D eigenvalue weighted by Crippen LogP contribution is 2.31. The SMILES string of the molecule is CNC(=O)c1cnc2c(C(C)C)cc(NC(=O)C3CC3)nn12.Cc1cc(Nc2cc(C(C)C)c3nccn3n2)nc(C)n1.[HH].[HH].[HH]. The zero-order valence-electron chi connectivity index (χ0n) is 25.5. The molecule has 13 heteroatoms. The molecule has 0 unspecified atom stereocenters. The highest BCUT2D eigenvalue weighted by Gasteiger charge is 2.30. The lowest BCUT2D eigenvalue weighted by Gasteiger charge is -2.11. The number of rotatable bonds is 7. The number of aryl methyl sites for hydroxylation is 2. The fourth-order valence-corrected chi connectivity index (χ4v) is 4.67. The van der Waals surface area contributed by atoms with E-state index in [1.54, 1.807) is 17.8 Å². The minimum Gasteiger partial charge on any atom is -0.354 e. The number of carbonyl (C=O) groups excluding carboxylic acids is 2. The fourth-order valence-electron chi connectivity index (χ4n) is 4.67. The summed E-state index contributed by atoms with van der Waals surface area (Å²) in [5.41, 5.74) is 4.90. The molecule has 0 saturated heterocycles. The van der Waals surface area contributed by atoms with Crippen LogP contribution in [-0.4, -0.2) is 58.0 Å². The zero-order chi connectivity index (χ0) is 30.8. The van der Waals surface area contributed by atoms with Gasteiger partial charge in [-0.05, 0) is 50.7 Å². The second-order valence-corrected chi connectivity index (χ2v) is 11.3. The van der Waals surface area contributed by atoms with Crippen molar-refractivity contribution >= 4 is 40.6 Å². The molecule has 1 aliphatic carbocycles. The van der Waals surface area contributed by atoms with E-state index in [-0.39, 0.29) is 27.9 Å². The standard InChI is InChI=1S/C15H18N6.C15H19N5O2.3H2/c1-9(2)12-8-14(20-21-6-5-16-15(12)21)19-13-7-10(3)17-11(4)18-13;1-8(2)10-6-12(18-14(21)9-4-5-9)19-20-11(15(22)16-3)7-17-13(10)20;;;/h5-9H,1-4H3,(H,17,18,19,20);6-9H,4-5H2,1-3H3,(H,16,22)(H,18,19,21);3*1H. The average molecular weight is 590 g/mol. The molecule has 1 fully saturated rings. The number of hydrogen-bond donors (Lipinski definition) is 3. The van der Waals surface area contributed by atoms with Gasteiger partial charge in [-0.1, -0.05) is 27.7 Å². The van der Waals surface area contributed by atoms with Gasteiger partial charge in [0, 0.05) is 52.5 Å². The van der Waals surface area contributed by atoms with Gasteiger partial charge >= 0.3 is 0 Å². The van der Waals surface area contributed by atoms with Crippen LogP contribution in [0.5, 0.6) is 0 Å². The van der Waals surface area contributed by atoms with Crippen LogP contribution in [0.4, 0.5) is 17.5 Å². The van der Waals surface area contributed by atoms with Crippen LogP contribution in [0.25, 0.3) is 11.3 Å². The molecule has 5 heterocycles. The van der Waals surface area contributed by atoms with Gasteiger partial charge in [0.15, 0.2) is 28.6 Å². The van der Waals surface area contributed by atoms with E-state index < -0.39 is 0 Å². The molecule has 0 bridgehead atoms. The van der Waals surface area contributed by atoms with Gasteiger partial charge in [-0.15, -0.1) is 10.2 Å². The molecule has 2 amide bonds. The van der Waals surface area contributed by atoms with Crippen molar-refractivity contribution in [2.24, 2.45) is 5.92 Å². The normalized spacial score (nSPS) is 12.9. The first-order valence-corrected chi connectivity index (χ1v) is 14.4. The number of amides is 2. The molecule has 1 aliphatic rings. The number of hydrogen-bond acceptors (Lipinski definition) is 9. The maximum absolute atomic E-state index is 11.9. The highest BCUT2D eigenvalue weighted by molar-refractivity contribution is 5.94. The van der Waals surface area contributed by atoms with Crippen LogP contribution < -0.4 is 16.0 Å². The Morgan fingerprint density at radius 1 is 0.907 bits per heavy atom. The smallest absolute Gasteiger partial charge is 0.271 e. The molecule has 230 valence electrons. The number of nitrogens with zero attached hydrogens (tertiary/aromatic N) is 8. The number of nitrogens with one attached hydrogen (secondary N) is 3. The summed E-state index contributed by atoms with van der Waals surface area (Å²) in [6, 6.07) is 5.77. The highest BCUT2D eigenvalue weighted by atomic mass is 16.2. The minimum absolute atomic E-state index is 0. The van der Waals surface area contributed by atoms with Crippen molar-refractivity contribution in [1.29, 1.82) is 0 Å². The molecule has 0 aromatic carbocycles. The molecule has 0 spiro atoms. The molecule has 0 radical (unpaired) electrons. The molecule has 6 rings (SSSR count). The maximum Gasteiger partial charge on any atom is 0.271 e. The van der Waals surface area contributed by atoms with Crippen LogP contribution in [0.1, 0.15) is 89.8 Å². The summed E-state index contributed by atoms with van der Waals surface area (Å²) < 4.78 is 3.29. The maximum atomic E-state index is 11.9. The Balaban J connectivity index is 0.000000301. The van der Waals surface area contributed by atoms with E-state index in [1.807, 2.05) is 52.1 Å². The summed E-state index contributed by atoms with van der Waals surface area (Å²) in [6.07, 6.45) is 6.97. The van der Waals surface area contributed by atoms with Crippen LogP contribution in [0.2, 0.25) is 0 Å². The third-order valence-corrected chi connectivity index (χ3v) is 7.01. The molecule has 3 N–H and O–H groups in total. The van der Waals surface area contributed by atoms with Gasteiger partial charge < -0.3 is 16.0 Å². The van der Waals surface area contributed by atoms with Gasteiger partial charge in [-0.25, -0.2) is 29.0 Å². The van der Waals surface area contributed by atoms with Gasteiger partial charge in [-0.3, -0.25) is 9.59 Å². The second-order valence-electron chi connectivity index (χ2n) is 11.3. The number of aromatic nitrogens is 8. The summed E-state index contributed by atoms with van der Waals surface area (Å²) in [4.78, 5) is 41.2. The first-order valence-electron chi connectivity index (χ1n) is 14.4. The van der Waals surface area contributed by atoms with Gasteiger partial charge in [0.1, 0.15) is 11.6 Å². The van der Waals surface area contributed by atoms with E-state index in [0.29, 0.717) is 23.1 Å². The van der Waals surface area contributed by atoms with Gasteiger partial charge in [0.05, 0.1) is 6.20 Å². The Morgan fingerprint density at radius 2 is 1.60 bits per heavy atom. The summed E-state index contributed by atoms with van der Waals surface area (Å²) in [7, 11) is 1.56. The lowest BCUT2D eigenvalue weighted by Crippen LogP contribution is -2.21. The van der Waals surface area contributed by atoms with Gasteiger partial charge in [-0.2, -0.15) is 0 Å². The fraction of sp³-hybridized carbons (Fsp3) is 0.400. The Morgan fingerprint density at radius 3 is 2.26 bits per heavy atom. The largest absolute Gasteiger partial charge is 0.354 e. The summed E-state index contributed by atoms with van der Waals surface area (Å²) in [6.45, 7) is 12.2. The summed E-state index contributed by atoms with van der Waals surface area (Å²) >= 11 is 0. The Kier molecular flexibility index (Phi) is 8.33. The number of anilines is 3. The topological polar surface area (TPSA) is 156 Å². The third kappa shape index (κ3) is 6.60. The number of imidazole rings is 2. The first kappa shape index (κ1) is 29.5. The molecule has 13 nitrogen and oxygen atoms in total. The summed E-state index contributed by atoms with van der Waals surface area (Å²) in [5, 5.41) is 17.5. The van der Waals surface area contributed by atoms with E-state index in [2.05, 4.69) is 59.9 Å². The lowest BCUT2D eigenvalue weighted by atomic mass is 10.1. The quantitative estimate of drug-likeness (QED) is 0.229. The Hall–Kier alpha value is -4.94. The second kappa shape index (κ2) is 12.1. The first-order chi connectivity index (χ1) is 20.5. The summed E-state index contributed by atoms with van der Waals surface area (Å²) in [5.74, 6) is 3.09. The Labute approximate surface area is 254 Å². The molecule has 0 atom stereocenters. The number of carbonyl (C=O) groups is 2. The Bertz CT molecular complexity index is 1800. The van der Waals surface area contributed by atoms with E-state index >= 15 is 0 Å². The molecule has 0 aliphatic heterocycles. The molecule has 43 heavy (non-hydrogen) atoms. The van der Waals surface area contributed by atoms with Crippen molar-refractivity contribution < 1.29 is 13.9 Å². The van der Waals surface area contributed by atoms with E-state index in [0.717, 1.165) is 52.8 Å². The van der Waals surface area contributed by atoms with Crippen molar-refractivity contribution in [2.45, 2.75) is 66.2 Å². The van der Waals surface area contributed by atoms with E-state index in [9.17, 15) is 9.59 Å². The van der Waals surface area contributed by atoms with Crippen molar-refractivity contribution in [2.75, 3.05) is 17.7 Å². The van der Waals surface area contributed by atoms with E-state index in [4.69, 9.17) is 0 Å². The van der Waals surface area contributed by atoms with Gasteiger partial charge in [0.2, 0.25) is 5.91 Å². The van der Waals surface area contributed by atoms with E-state index in [1.165, 1.54) is 10.7 Å². The van der Waals surface area contributed by atoms with Crippen molar-refractivity contribution in [3.63, 3.8) is 0 Å². The van der Waals surface area contributed by atoms with Crippen LogP contribution in [0, 0.1) is 19.8 Å². The molecule has 5 aromatic rings. The molecular formula is C30H43N11O2. The van der Waals surface area contributed by atoms with Crippen LogP contribution in [-0.2, 0) is 4.79 Å². The van der Waals surface area contributed by atoms with Crippen molar-refractivity contribution in [1.82, 2.24) is 44.5 Å². The average Bonchev–Trinajstić information content (AvgIpc) is 3.56. The molecule has 1 saturated carbocycles. The van der Waals surface area contributed by atoms with Gasteiger partial charge in [0.25, 0.3) is 5.91 Å². The predicted octanol–water partition coefficient (Wildman–Crippen LogP) is 5.30.